The molecular weight excluding hydrogens is 348 g/mol. The molecule has 0 fully saturated rings. The molecule has 0 bridgehead atoms. The highest BCUT2D eigenvalue weighted by molar-refractivity contribution is 7.78. The Labute approximate surface area is 156 Å². The summed E-state index contributed by atoms with van der Waals surface area (Å²) in [6.45, 7) is 2.05. The Bertz CT molecular complexity index is 976. The lowest BCUT2D eigenvalue weighted by atomic mass is 10.0. The third-order valence-corrected chi connectivity index (χ3v) is 4.05. The molecule has 0 aliphatic heterocycles. The molecule has 0 atom stereocenters. The Hall–Kier alpha value is -2.94. The van der Waals surface area contributed by atoms with Gasteiger partial charge in [0.2, 0.25) is 0 Å². The van der Waals surface area contributed by atoms with Crippen molar-refractivity contribution < 1.29 is 8.78 Å². The van der Waals surface area contributed by atoms with Gasteiger partial charge in [-0.25, -0.2) is 8.78 Å². The summed E-state index contributed by atoms with van der Waals surface area (Å²) in [5.74, 6) is -1.53. The maximum absolute atomic E-state index is 13.8. The summed E-state index contributed by atoms with van der Waals surface area (Å²) < 4.78 is 27.7. The van der Waals surface area contributed by atoms with Crippen molar-refractivity contribution in [1.82, 2.24) is 0 Å². The Morgan fingerprint density at radius 1 is 0.808 bits per heavy atom. The van der Waals surface area contributed by atoms with Crippen molar-refractivity contribution in [2.75, 3.05) is 0 Å². The van der Waals surface area contributed by atoms with Crippen molar-refractivity contribution >= 4 is 35.2 Å². The summed E-state index contributed by atoms with van der Waals surface area (Å²) >= 11 is 4.39. The standard InChI is InChI=1S/C22H15F2NS/c1-15-2-8-18(9-3-15)19-10-6-16(7-11-19)4-5-17-12-20(23)22(25-14-26)21(24)13-17/h2-13H,1H3/b5-4+. The minimum atomic E-state index is -0.767. The second kappa shape index (κ2) is 7.96. The maximum Gasteiger partial charge on any atom is 0.153 e. The topological polar surface area (TPSA) is 12.4 Å². The minimum Gasteiger partial charge on any atom is -0.204 e. The SMILES string of the molecule is Cc1ccc(-c2ccc(/C=C/c3cc(F)c(N=C=S)c(F)c3)cc2)cc1. The van der Waals surface area contributed by atoms with Crippen LogP contribution in [-0.2, 0) is 0 Å². The van der Waals surface area contributed by atoms with Crippen LogP contribution in [0.2, 0.25) is 0 Å². The first-order valence-electron chi connectivity index (χ1n) is 7.99. The van der Waals surface area contributed by atoms with Crippen LogP contribution in [0.4, 0.5) is 14.5 Å². The zero-order valence-electron chi connectivity index (χ0n) is 14.0. The van der Waals surface area contributed by atoms with Crippen LogP contribution < -0.4 is 0 Å². The van der Waals surface area contributed by atoms with Gasteiger partial charge >= 0.3 is 0 Å². The molecule has 0 radical (unpaired) electrons. The van der Waals surface area contributed by atoms with Crippen molar-refractivity contribution in [1.29, 1.82) is 0 Å². The lowest BCUT2D eigenvalue weighted by molar-refractivity contribution is 0.587. The summed E-state index contributed by atoms with van der Waals surface area (Å²) in [6.07, 6.45) is 3.45. The van der Waals surface area contributed by atoms with Gasteiger partial charge in [0.15, 0.2) is 11.6 Å². The van der Waals surface area contributed by atoms with Gasteiger partial charge in [-0.3, -0.25) is 0 Å². The van der Waals surface area contributed by atoms with Crippen LogP contribution in [0.15, 0.2) is 65.7 Å². The molecule has 3 rings (SSSR count). The molecule has 0 amide bonds. The number of nitrogens with zero attached hydrogens (tertiary/aromatic N) is 1. The van der Waals surface area contributed by atoms with Crippen LogP contribution in [-0.4, -0.2) is 5.16 Å². The fourth-order valence-corrected chi connectivity index (χ4v) is 2.65. The third kappa shape index (κ3) is 4.17. The smallest absolute Gasteiger partial charge is 0.153 e. The molecule has 1 nitrogen and oxygen atoms in total. The number of aliphatic imine (C=N–C) groups is 1. The van der Waals surface area contributed by atoms with E-state index in [0.717, 1.165) is 16.7 Å². The Morgan fingerprint density at radius 2 is 1.31 bits per heavy atom. The van der Waals surface area contributed by atoms with E-state index in [4.69, 9.17) is 0 Å². The molecule has 0 aliphatic rings. The second-order valence-corrected chi connectivity index (χ2v) is 6.04. The average Bonchev–Trinajstić information content (AvgIpc) is 2.64. The normalized spacial score (nSPS) is 10.7. The number of thiocarbonyl (C=S) groups is 1. The minimum absolute atomic E-state index is 0.408. The first-order valence-corrected chi connectivity index (χ1v) is 8.40. The van der Waals surface area contributed by atoms with Crippen LogP contribution >= 0.6 is 12.2 Å². The first-order chi connectivity index (χ1) is 12.6. The molecule has 3 aromatic rings. The number of hydrogen-bond donors (Lipinski definition) is 0. The van der Waals surface area contributed by atoms with Gasteiger partial charge in [-0.05, 0) is 53.5 Å². The van der Waals surface area contributed by atoms with Crippen LogP contribution in [0, 0.1) is 18.6 Å². The van der Waals surface area contributed by atoms with E-state index in [1.807, 2.05) is 29.4 Å². The average molecular weight is 363 g/mol. The number of rotatable bonds is 4. The summed E-state index contributed by atoms with van der Waals surface area (Å²) in [4.78, 5) is 3.40. The number of aryl methyl sites for hydroxylation is 1. The van der Waals surface area contributed by atoms with Crippen LogP contribution in [0.1, 0.15) is 16.7 Å². The predicted octanol–water partition coefficient (Wildman–Crippen LogP) is 6.84. The maximum atomic E-state index is 13.8. The van der Waals surface area contributed by atoms with Crippen LogP contribution in [0.25, 0.3) is 23.3 Å². The number of isothiocyanates is 1. The van der Waals surface area contributed by atoms with Crippen LogP contribution in [0.3, 0.4) is 0 Å². The summed E-state index contributed by atoms with van der Waals surface area (Å²) in [5, 5.41) is 1.98. The van der Waals surface area contributed by atoms with E-state index in [0.29, 0.717) is 5.56 Å². The molecule has 0 spiro atoms. The molecule has 26 heavy (non-hydrogen) atoms. The van der Waals surface area contributed by atoms with E-state index < -0.39 is 17.3 Å². The van der Waals surface area contributed by atoms with E-state index in [9.17, 15) is 8.78 Å². The lowest BCUT2D eigenvalue weighted by Gasteiger charge is -2.03. The molecule has 0 N–H and O–H groups in total. The highest BCUT2D eigenvalue weighted by Gasteiger charge is 2.08. The van der Waals surface area contributed by atoms with Gasteiger partial charge in [0.25, 0.3) is 0 Å². The Balaban J connectivity index is 1.81. The zero-order valence-corrected chi connectivity index (χ0v) is 14.9. The fourth-order valence-electron chi connectivity index (χ4n) is 2.56. The molecule has 0 heterocycles. The molecule has 0 unspecified atom stereocenters. The van der Waals surface area contributed by atoms with Gasteiger partial charge in [-0.15, -0.1) is 0 Å². The van der Waals surface area contributed by atoms with Crippen LogP contribution in [0.5, 0.6) is 0 Å². The van der Waals surface area contributed by atoms with Crippen molar-refractivity contribution in [3.63, 3.8) is 0 Å². The molecule has 0 saturated carbocycles. The third-order valence-electron chi connectivity index (χ3n) is 3.96. The summed E-state index contributed by atoms with van der Waals surface area (Å²) in [7, 11) is 0. The molecule has 4 heteroatoms. The van der Waals surface area contributed by atoms with Crippen molar-refractivity contribution in [2.24, 2.45) is 4.99 Å². The summed E-state index contributed by atoms with van der Waals surface area (Å²) in [6, 6.07) is 18.7. The molecular formula is C22H15F2NS. The Morgan fingerprint density at radius 3 is 1.85 bits per heavy atom. The van der Waals surface area contributed by atoms with E-state index in [1.165, 1.54) is 17.7 Å². The van der Waals surface area contributed by atoms with E-state index in [-0.39, 0.29) is 0 Å². The monoisotopic (exact) mass is 363 g/mol. The fraction of sp³-hybridized carbons (Fsp3) is 0.0455. The largest absolute Gasteiger partial charge is 0.204 e. The first kappa shape index (κ1) is 17.9. The number of benzene rings is 3. The van der Waals surface area contributed by atoms with E-state index in [1.54, 1.807) is 12.2 Å². The van der Waals surface area contributed by atoms with E-state index >= 15 is 0 Å². The number of hydrogen-bond acceptors (Lipinski definition) is 2. The highest BCUT2D eigenvalue weighted by Crippen LogP contribution is 2.25. The molecule has 0 aromatic heterocycles. The number of halogens is 2. The molecule has 3 aromatic carbocycles. The predicted molar refractivity (Wildman–Crippen MR) is 107 cm³/mol. The van der Waals surface area contributed by atoms with Gasteiger partial charge in [-0.2, -0.15) is 4.99 Å². The van der Waals surface area contributed by atoms with Crippen molar-refractivity contribution in [3.05, 3.63) is 89.0 Å². The molecule has 0 saturated heterocycles. The van der Waals surface area contributed by atoms with Gasteiger partial charge in [0, 0.05) is 0 Å². The lowest BCUT2D eigenvalue weighted by Crippen LogP contribution is -1.85. The highest BCUT2D eigenvalue weighted by atomic mass is 32.1. The quantitative estimate of drug-likeness (QED) is 0.281. The zero-order chi connectivity index (χ0) is 18.5. The van der Waals surface area contributed by atoms with Gasteiger partial charge in [0.05, 0.1) is 5.16 Å². The van der Waals surface area contributed by atoms with Crippen molar-refractivity contribution in [3.8, 4) is 11.1 Å². The van der Waals surface area contributed by atoms with Gasteiger partial charge < -0.3 is 0 Å². The summed E-state index contributed by atoms with van der Waals surface area (Å²) in [5.41, 5.74) is 4.40. The second-order valence-electron chi connectivity index (χ2n) is 5.86. The Kier molecular flexibility index (Phi) is 5.47. The molecule has 128 valence electrons. The van der Waals surface area contributed by atoms with E-state index in [2.05, 4.69) is 48.4 Å². The van der Waals surface area contributed by atoms with Crippen molar-refractivity contribution in [2.45, 2.75) is 6.92 Å². The van der Waals surface area contributed by atoms with Gasteiger partial charge in [-0.1, -0.05) is 66.2 Å². The molecule has 0 aliphatic carbocycles. The van der Waals surface area contributed by atoms with Gasteiger partial charge in [0.1, 0.15) is 5.69 Å².